The van der Waals surface area contributed by atoms with Crippen LogP contribution in [0.2, 0.25) is 0 Å². The van der Waals surface area contributed by atoms with E-state index in [0.29, 0.717) is 23.1 Å². The molecule has 176 valence electrons. The summed E-state index contributed by atoms with van der Waals surface area (Å²) in [6.45, 7) is 6.37. The summed E-state index contributed by atoms with van der Waals surface area (Å²) in [5.74, 6) is -1.02. The molecule has 0 bridgehead atoms. The van der Waals surface area contributed by atoms with E-state index in [1.165, 1.54) is 16.2 Å². The van der Waals surface area contributed by atoms with Gasteiger partial charge in [-0.2, -0.15) is 0 Å². The molecule has 1 N–H and O–H groups in total. The molecule has 1 saturated heterocycles. The lowest BCUT2D eigenvalue weighted by Gasteiger charge is -2.23. The number of ether oxygens (including phenoxy) is 1. The highest BCUT2D eigenvalue weighted by Crippen LogP contribution is 2.44. The lowest BCUT2D eigenvalue weighted by molar-refractivity contribution is -0.132. The normalized spacial score (nSPS) is 17.3. The van der Waals surface area contributed by atoms with E-state index >= 15 is 0 Å². The minimum Gasteiger partial charge on any atom is -0.507 e. The number of fused-ring (bicyclic) bond motifs is 1. The molecule has 0 aliphatic carbocycles. The average molecular weight is 485 g/mol. The maximum absolute atomic E-state index is 13.4. The summed E-state index contributed by atoms with van der Waals surface area (Å²) in [5.41, 5.74) is 4.08. The van der Waals surface area contributed by atoms with Crippen molar-refractivity contribution >= 4 is 44.1 Å². The van der Waals surface area contributed by atoms with Gasteiger partial charge in [-0.3, -0.25) is 14.5 Å². The molecule has 4 aromatic rings. The minimum absolute atomic E-state index is 0.0402. The predicted molar refractivity (Wildman–Crippen MR) is 138 cm³/mol. The standard InChI is InChI=1S/C28H24N2O4S/c1-4-34-20-12-10-19(11-13-20)25(31)23-24(18-8-5-16(2)6-9-18)30(27(33)26(23)32)28-29-21-14-7-17(3)15-22(21)35-28/h5-15,24,31H,4H2,1-3H3/b25-23+/t24-/m0/s1. The summed E-state index contributed by atoms with van der Waals surface area (Å²) in [7, 11) is 0. The van der Waals surface area contributed by atoms with Crippen molar-refractivity contribution in [2.75, 3.05) is 11.5 Å². The van der Waals surface area contributed by atoms with Gasteiger partial charge in [0.15, 0.2) is 5.13 Å². The fraction of sp³-hybridized carbons (Fsp3) is 0.179. The number of carbonyl (C=O) groups is 2. The van der Waals surface area contributed by atoms with Crippen LogP contribution in [0, 0.1) is 13.8 Å². The molecule has 0 unspecified atom stereocenters. The summed E-state index contributed by atoms with van der Waals surface area (Å²) in [6, 6.07) is 19.5. The van der Waals surface area contributed by atoms with Gasteiger partial charge in [0, 0.05) is 5.56 Å². The fourth-order valence-electron chi connectivity index (χ4n) is 4.25. The van der Waals surface area contributed by atoms with Crippen LogP contribution in [0.25, 0.3) is 16.0 Å². The van der Waals surface area contributed by atoms with E-state index in [9.17, 15) is 14.7 Å². The number of rotatable bonds is 5. The second-order valence-corrected chi connectivity index (χ2v) is 9.51. The quantitative estimate of drug-likeness (QED) is 0.215. The van der Waals surface area contributed by atoms with Crippen molar-refractivity contribution in [1.29, 1.82) is 0 Å². The molecular formula is C28H24N2O4S. The second kappa shape index (κ2) is 9.00. The molecule has 5 rings (SSSR count). The largest absolute Gasteiger partial charge is 0.507 e. The molecule has 35 heavy (non-hydrogen) atoms. The van der Waals surface area contributed by atoms with Gasteiger partial charge in [0.25, 0.3) is 5.78 Å². The molecule has 1 aromatic heterocycles. The summed E-state index contributed by atoms with van der Waals surface area (Å²) in [6.07, 6.45) is 0. The SMILES string of the molecule is CCOc1ccc(/C(O)=C2\C(=O)C(=O)N(c3nc4ccc(C)cc4s3)[C@H]2c2ccc(C)cc2)cc1. The Hall–Kier alpha value is -3.97. The number of ketones is 1. The van der Waals surface area contributed by atoms with Gasteiger partial charge in [0.1, 0.15) is 11.5 Å². The van der Waals surface area contributed by atoms with Crippen LogP contribution in [0.5, 0.6) is 5.75 Å². The Morgan fingerprint density at radius 1 is 1.00 bits per heavy atom. The molecular weight excluding hydrogens is 460 g/mol. The smallest absolute Gasteiger partial charge is 0.301 e. The van der Waals surface area contributed by atoms with E-state index in [1.807, 2.05) is 63.2 Å². The first kappa shape index (κ1) is 22.8. The van der Waals surface area contributed by atoms with Crippen molar-refractivity contribution in [1.82, 2.24) is 4.98 Å². The number of amides is 1. The Balaban J connectivity index is 1.68. The first-order chi connectivity index (χ1) is 16.9. The highest BCUT2D eigenvalue weighted by Gasteiger charge is 2.48. The molecule has 1 aliphatic heterocycles. The number of nitrogens with zero attached hydrogens (tertiary/aromatic N) is 2. The Kier molecular flexibility index (Phi) is 5.86. The molecule has 2 heterocycles. The van der Waals surface area contributed by atoms with Crippen molar-refractivity contribution in [2.45, 2.75) is 26.8 Å². The van der Waals surface area contributed by atoms with Gasteiger partial charge in [-0.15, -0.1) is 0 Å². The first-order valence-corrected chi connectivity index (χ1v) is 12.2. The number of aliphatic hydroxyl groups excluding tert-OH is 1. The Morgan fingerprint density at radius 2 is 1.69 bits per heavy atom. The monoisotopic (exact) mass is 484 g/mol. The molecule has 1 amide bonds. The third-order valence-corrected chi connectivity index (χ3v) is 7.03. The zero-order valence-corrected chi connectivity index (χ0v) is 20.4. The van der Waals surface area contributed by atoms with Gasteiger partial charge in [0.05, 0.1) is 28.4 Å². The molecule has 3 aromatic carbocycles. The van der Waals surface area contributed by atoms with Crippen LogP contribution in [-0.4, -0.2) is 28.4 Å². The third kappa shape index (κ3) is 4.08. The number of thiazole rings is 1. The van der Waals surface area contributed by atoms with Crippen molar-refractivity contribution in [3.8, 4) is 5.75 Å². The third-order valence-electron chi connectivity index (χ3n) is 6.02. The van der Waals surface area contributed by atoms with Crippen molar-refractivity contribution in [3.05, 3.63) is 94.6 Å². The van der Waals surface area contributed by atoms with Gasteiger partial charge >= 0.3 is 5.91 Å². The Labute approximate surface area is 207 Å². The lowest BCUT2D eigenvalue weighted by atomic mass is 9.95. The van der Waals surface area contributed by atoms with Crippen LogP contribution in [-0.2, 0) is 9.59 Å². The number of aliphatic hydroxyl groups is 1. The molecule has 0 saturated carbocycles. The number of carbonyl (C=O) groups excluding carboxylic acids is 2. The van der Waals surface area contributed by atoms with Gasteiger partial charge in [-0.05, 0) is 68.3 Å². The first-order valence-electron chi connectivity index (χ1n) is 11.4. The molecule has 6 nitrogen and oxygen atoms in total. The average Bonchev–Trinajstić information content (AvgIpc) is 3.37. The number of aromatic nitrogens is 1. The number of hydrogen-bond donors (Lipinski definition) is 1. The minimum atomic E-state index is -0.802. The Bertz CT molecular complexity index is 1470. The van der Waals surface area contributed by atoms with Crippen LogP contribution in [0.4, 0.5) is 5.13 Å². The molecule has 0 radical (unpaired) electrons. The fourth-order valence-corrected chi connectivity index (χ4v) is 5.34. The zero-order valence-electron chi connectivity index (χ0n) is 19.6. The number of hydrogen-bond acceptors (Lipinski definition) is 6. The summed E-state index contributed by atoms with van der Waals surface area (Å²) in [5, 5.41) is 11.7. The molecule has 7 heteroatoms. The van der Waals surface area contributed by atoms with E-state index < -0.39 is 17.7 Å². The van der Waals surface area contributed by atoms with Gasteiger partial charge in [-0.1, -0.05) is 47.2 Å². The van der Waals surface area contributed by atoms with Crippen molar-refractivity contribution in [3.63, 3.8) is 0 Å². The maximum atomic E-state index is 13.4. The molecule has 1 fully saturated rings. The van der Waals surface area contributed by atoms with Crippen LogP contribution >= 0.6 is 11.3 Å². The van der Waals surface area contributed by atoms with E-state index in [1.54, 1.807) is 24.3 Å². The second-order valence-electron chi connectivity index (χ2n) is 8.50. The number of Topliss-reactive ketones (excluding diaryl/α,β-unsaturated/α-hetero) is 1. The van der Waals surface area contributed by atoms with Crippen LogP contribution in [0.1, 0.15) is 35.2 Å². The van der Waals surface area contributed by atoms with Gasteiger partial charge in [-0.25, -0.2) is 4.98 Å². The number of aryl methyl sites for hydroxylation is 2. The van der Waals surface area contributed by atoms with Gasteiger partial charge < -0.3 is 9.84 Å². The van der Waals surface area contributed by atoms with Crippen LogP contribution in [0.15, 0.2) is 72.3 Å². The highest BCUT2D eigenvalue weighted by molar-refractivity contribution is 7.22. The van der Waals surface area contributed by atoms with Crippen LogP contribution in [0.3, 0.4) is 0 Å². The van der Waals surface area contributed by atoms with E-state index in [-0.39, 0.29) is 11.3 Å². The molecule has 0 spiro atoms. The van der Waals surface area contributed by atoms with Gasteiger partial charge in [0.2, 0.25) is 0 Å². The predicted octanol–water partition coefficient (Wildman–Crippen LogP) is 5.94. The lowest BCUT2D eigenvalue weighted by Crippen LogP contribution is -2.29. The number of anilines is 1. The number of benzene rings is 3. The molecule has 1 atom stereocenters. The topological polar surface area (TPSA) is 79.7 Å². The van der Waals surface area contributed by atoms with E-state index in [0.717, 1.165) is 26.9 Å². The summed E-state index contributed by atoms with van der Waals surface area (Å²) >= 11 is 1.35. The Morgan fingerprint density at radius 3 is 2.37 bits per heavy atom. The van der Waals surface area contributed by atoms with Crippen LogP contribution < -0.4 is 9.64 Å². The van der Waals surface area contributed by atoms with E-state index in [2.05, 4.69) is 4.98 Å². The summed E-state index contributed by atoms with van der Waals surface area (Å²) < 4.78 is 6.41. The molecule has 1 aliphatic rings. The van der Waals surface area contributed by atoms with Crippen molar-refractivity contribution < 1.29 is 19.4 Å². The van der Waals surface area contributed by atoms with E-state index in [4.69, 9.17) is 4.74 Å². The van der Waals surface area contributed by atoms with Crippen molar-refractivity contribution in [2.24, 2.45) is 0 Å². The summed E-state index contributed by atoms with van der Waals surface area (Å²) in [4.78, 5) is 32.8. The maximum Gasteiger partial charge on any atom is 0.301 e. The highest BCUT2D eigenvalue weighted by atomic mass is 32.1. The zero-order chi connectivity index (χ0) is 24.7.